The Morgan fingerprint density at radius 1 is 0.394 bits per heavy atom. The summed E-state index contributed by atoms with van der Waals surface area (Å²) in [5, 5.41) is 10.1. The molecule has 0 aromatic heterocycles. The standard InChI is InChI=1S/C46H30Cl6N10O6S3/c47-25-1-13-31(14-2-25)53-41(63)57-37-39(61(43(65)55-33-17-5-27(49)6-18-33)45(67)59(37)35-21-9-29(51)10-22-35)69-71-70-40-38(58-42(64)54-32-15-3-26(48)4-16-32)60(36-23-11-30(52)12-24-36)46(68)62(40)44(66)56-34-19-7-28(50)8-20-34/h1-24,39-40H,(H,53,63)(H,54,64)(H,55,65)(H,56,66)/b57-37+,58-38+. The fraction of sp³-hybridized carbons (Fsp3) is 0.0435. The lowest BCUT2D eigenvalue weighted by Gasteiger charge is -2.23. The van der Waals surface area contributed by atoms with Crippen molar-refractivity contribution in [3.63, 3.8) is 0 Å². The monoisotopic (exact) mass is 1120 g/mol. The van der Waals surface area contributed by atoms with Gasteiger partial charge in [0, 0.05) is 52.9 Å². The molecule has 2 heterocycles. The Kier molecular flexibility index (Phi) is 16.6. The van der Waals surface area contributed by atoms with E-state index >= 15 is 0 Å². The van der Waals surface area contributed by atoms with Crippen LogP contribution in [0.25, 0.3) is 0 Å². The molecule has 25 heteroatoms. The van der Waals surface area contributed by atoms with Crippen LogP contribution in [0.1, 0.15) is 0 Å². The van der Waals surface area contributed by atoms with Gasteiger partial charge in [-0.15, -0.1) is 0 Å². The zero-order valence-corrected chi connectivity index (χ0v) is 42.6. The van der Waals surface area contributed by atoms with Crippen molar-refractivity contribution in [3.8, 4) is 0 Å². The second-order valence-corrected chi connectivity index (χ2v) is 21.4. The van der Waals surface area contributed by atoms with Gasteiger partial charge in [0.05, 0.1) is 11.4 Å². The van der Waals surface area contributed by atoms with Crippen LogP contribution in [0, 0.1) is 0 Å². The number of carbonyl (C=O) groups excluding carboxylic acids is 6. The first-order valence-electron chi connectivity index (χ1n) is 20.3. The summed E-state index contributed by atoms with van der Waals surface area (Å²) >= 11 is 36.9. The van der Waals surface area contributed by atoms with Crippen LogP contribution in [-0.4, -0.2) is 68.4 Å². The topological polar surface area (TPSA) is 188 Å². The normalized spacial score (nSPS) is 16.7. The maximum absolute atomic E-state index is 14.7. The van der Waals surface area contributed by atoms with E-state index in [-0.39, 0.29) is 34.4 Å². The number of hydrogen-bond donors (Lipinski definition) is 4. The second-order valence-electron chi connectivity index (χ2n) is 14.6. The molecule has 8 rings (SSSR count). The minimum absolute atomic E-state index is 0.189. The molecule has 0 spiro atoms. The maximum Gasteiger partial charge on any atom is 0.347 e. The third-order valence-corrected chi connectivity index (χ3v) is 15.7. The highest BCUT2D eigenvalue weighted by Gasteiger charge is 2.51. The number of aliphatic imine (C=N–C) groups is 2. The van der Waals surface area contributed by atoms with Crippen LogP contribution in [0.5, 0.6) is 0 Å². The van der Waals surface area contributed by atoms with Gasteiger partial charge in [-0.05, 0) is 177 Å². The van der Waals surface area contributed by atoms with Crippen molar-refractivity contribution in [2.45, 2.75) is 10.7 Å². The molecule has 0 bridgehead atoms. The number of imide groups is 2. The lowest BCUT2D eigenvalue weighted by molar-refractivity contribution is 0.206. The molecule has 2 fully saturated rings. The van der Waals surface area contributed by atoms with E-state index < -0.39 is 46.9 Å². The van der Waals surface area contributed by atoms with Crippen molar-refractivity contribution in [3.05, 3.63) is 176 Å². The molecule has 360 valence electrons. The predicted octanol–water partition coefficient (Wildman–Crippen LogP) is 15.2. The molecular formula is C46H30Cl6N10O6S3. The first-order valence-corrected chi connectivity index (χ1v) is 26.2. The van der Waals surface area contributed by atoms with Crippen molar-refractivity contribution in [1.82, 2.24) is 9.80 Å². The van der Waals surface area contributed by atoms with Crippen molar-refractivity contribution < 1.29 is 28.8 Å². The largest absolute Gasteiger partial charge is 0.347 e. The highest BCUT2D eigenvalue weighted by molar-refractivity contribution is 9.09. The Hall–Kier alpha value is -6.13. The van der Waals surface area contributed by atoms with Gasteiger partial charge in [-0.2, -0.15) is 9.98 Å². The van der Waals surface area contributed by atoms with Gasteiger partial charge in [0.25, 0.3) is 0 Å². The second kappa shape index (κ2) is 23.0. The first kappa shape index (κ1) is 51.2. The molecule has 12 amide bonds. The van der Waals surface area contributed by atoms with E-state index in [1.54, 1.807) is 48.5 Å². The molecule has 0 saturated carbocycles. The summed E-state index contributed by atoms with van der Waals surface area (Å²) in [6.45, 7) is 0. The van der Waals surface area contributed by atoms with E-state index in [2.05, 4.69) is 31.3 Å². The number of anilines is 6. The molecule has 2 unspecified atom stereocenters. The Morgan fingerprint density at radius 3 is 0.930 bits per heavy atom. The molecule has 2 atom stereocenters. The van der Waals surface area contributed by atoms with E-state index in [0.717, 1.165) is 51.0 Å². The van der Waals surface area contributed by atoms with Gasteiger partial charge < -0.3 is 21.3 Å². The van der Waals surface area contributed by atoms with Crippen LogP contribution in [0.15, 0.2) is 156 Å². The number of nitrogens with zero attached hydrogens (tertiary/aromatic N) is 6. The van der Waals surface area contributed by atoms with Gasteiger partial charge in [-0.3, -0.25) is 0 Å². The Balaban J connectivity index is 1.20. The van der Waals surface area contributed by atoms with Crippen molar-refractivity contribution in [1.29, 1.82) is 0 Å². The lowest BCUT2D eigenvalue weighted by Crippen LogP contribution is -2.42. The van der Waals surface area contributed by atoms with E-state index in [1.807, 2.05) is 0 Å². The molecule has 0 aliphatic carbocycles. The average Bonchev–Trinajstić information content (AvgIpc) is 3.77. The molecule has 16 nitrogen and oxygen atoms in total. The van der Waals surface area contributed by atoms with Crippen LogP contribution < -0.4 is 31.1 Å². The zero-order valence-electron chi connectivity index (χ0n) is 35.6. The number of halogens is 6. The predicted molar refractivity (Wildman–Crippen MR) is 289 cm³/mol. The molecule has 71 heavy (non-hydrogen) atoms. The van der Waals surface area contributed by atoms with Gasteiger partial charge in [0.2, 0.25) is 0 Å². The average molecular weight is 1130 g/mol. The summed E-state index contributed by atoms with van der Waals surface area (Å²) in [5.74, 6) is -0.459. The van der Waals surface area contributed by atoms with E-state index in [9.17, 15) is 28.8 Å². The molecular weight excluding hydrogens is 1100 g/mol. The number of hydrogen-bond acceptors (Lipinski definition) is 9. The minimum atomic E-state index is -1.42. The fourth-order valence-corrected chi connectivity index (χ4v) is 12.0. The van der Waals surface area contributed by atoms with Gasteiger partial charge in [-0.1, -0.05) is 69.6 Å². The molecule has 0 radical (unpaired) electrons. The summed E-state index contributed by atoms with van der Waals surface area (Å²) in [7, 11) is 2.58. The number of amidine groups is 2. The van der Waals surface area contributed by atoms with E-state index in [4.69, 9.17) is 69.6 Å². The number of urea groups is 6. The van der Waals surface area contributed by atoms with Crippen molar-refractivity contribution in [2.24, 2.45) is 9.98 Å². The Labute approximate surface area is 445 Å². The van der Waals surface area contributed by atoms with Crippen LogP contribution >= 0.6 is 101 Å². The van der Waals surface area contributed by atoms with Gasteiger partial charge in [0.15, 0.2) is 22.4 Å². The highest BCUT2D eigenvalue weighted by atomic mass is 35.5. The molecule has 6 aromatic carbocycles. The number of rotatable bonds is 10. The summed E-state index contributed by atoms with van der Waals surface area (Å²) in [5.41, 5.74) is 1.56. The third-order valence-electron chi connectivity index (χ3n) is 9.85. The summed E-state index contributed by atoms with van der Waals surface area (Å²) < 4.78 is 0. The van der Waals surface area contributed by atoms with Crippen LogP contribution in [0.2, 0.25) is 30.1 Å². The van der Waals surface area contributed by atoms with Crippen molar-refractivity contribution in [2.75, 3.05) is 31.1 Å². The Bertz CT molecular complexity index is 2870. The quantitative estimate of drug-likeness (QED) is 0.0968. The SMILES string of the molecule is O=C(/N=C1\C(SSSC2/C(=N\C(=O)Nc3ccc(Cl)cc3)N(c3ccc(Cl)cc3)C(=O)N2C(=O)Nc2ccc(Cl)cc2)N(C(=O)Nc2ccc(Cl)cc2)C(=O)N1c1ccc(Cl)cc1)Nc1ccc(Cl)cc1. The highest BCUT2D eigenvalue weighted by Crippen LogP contribution is 2.48. The van der Waals surface area contributed by atoms with Crippen molar-refractivity contribution >= 4 is 183 Å². The van der Waals surface area contributed by atoms with Gasteiger partial charge in [-0.25, -0.2) is 48.4 Å². The fourth-order valence-electron chi connectivity index (χ4n) is 6.61. The molecule has 6 aromatic rings. The summed E-state index contributed by atoms with van der Waals surface area (Å²) in [6.07, 6.45) is 0. The van der Waals surface area contributed by atoms with E-state index in [0.29, 0.717) is 41.5 Å². The zero-order chi connectivity index (χ0) is 50.3. The summed E-state index contributed by atoms with van der Waals surface area (Å²) in [4.78, 5) is 98.4. The van der Waals surface area contributed by atoms with Crippen LogP contribution in [-0.2, 0) is 0 Å². The Morgan fingerprint density at radius 2 is 0.648 bits per heavy atom. The van der Waals surface area contributed by atoms with Crippen LogP contribution in [0.4, 0.5) is 62.9 Å². The number of carbonyl (C=O) groups is 6. The van der Waals surface area contributed by atoms with Crippen LogP contribution in [0.3, 0.4) is 0 Å². The van der Waals surface area contributed by atoms with Gasteiger partial charge >= 0.3 is 36.2 Å². The lowest BCUT2D eigenvalue weighted by atomic mass is 10.3. The molecule has 2 aliphatic rings. The number of benzene rings is 6. The number of amides is 12. The smallest absolute Gasteiger partial charge is 0.307 e. The molecule has 2 saturated heterocycles. The maximum atomic E-state index is 14.7. The number of nitrogens with one attached hydrogen (secondary N) is 4. The molecule has 2 aliphatic heterocycles. The van der Waals surface area contributed by atoms with Gasteiger partial charge in [0.1, 0.15) is 0 Å². The first-order chi connectivity index (χ1) is 34.1. The third kappa shape index (κ3) is 12.5. The molecule has 4 N–H and O–H groups in total. The minimum Gasteiger partial charge on any atom is -0.307 e. The summed E-state index contributed by atoms with van der Waals surface area (Å²) in [6, 6.07) is 31.1. The van der Waals surface area contributed by atoms with E-state index in [1.165, 1.54) is 97.1 Å².